The highest BCUT2D eigenvalue weighted by atomic mass is 16.5. The Morgan fingerprint density at radius 2 is 1.71 bits per heavy atom. The van der Waals surface area contributed by atoms with Gasteiger partial charge in [0.1, 0.15) is 0 Å². The third-order valence-electron chi connectivity index (χ3n) is 4.46. The minimum atomic E-state index is 0.204. The van der Waals surface area contributed by atoms with Crippen LogP contribution < -0.4 is 0 Å². The Morgan fingerprint density at radius 1 is 0.952 bits per heavy atom. The first-order valence-corrected chi connectivity index (χ1v) is 7.68. The van der Waals surface area contributed by atoms with E-state index in [-0.39, 0.29) is 12.2 Å². The van der Waals surface area contributed by atoms with E-state index in [2.05, 4.69) is 66.4 Å². The first-order chi connectivity index (χ1) is 10.4. The van der Waals surface area contributed by atoms with E-state index >= 15 is 0 Å². The molecule has 104 valence electrons. The van der Waals surface area contributed by atoms with Crippen molar-refractivity contribution >= 4 is 0 Å². The molecule has 1 nitrogen and oxygen atoms in total. The van der Waals surface area contributed by atoms with Gasteiger partial charge in [-0.15, -0.1) is 5.92 Å². The summed E-state index contributed by atoms with van der Waals surface area (Å²) in [5, 5.41) is 0. The number of ether oxygens (including phenoxy) is 1. The molecule has 2 aliphatic rings. The van der Waals surface area contributed by atoms with Gasteiger partial charge in [0.05, 0.1) is 18.1 Å². The summed E-state index contributed by atoms with van der Waals surface area (Å²) in [4.78, 5) is 0. The van der Waals surface area contributed by atoms with Gasteiger partial charge in [-0.05, 0) is 29.5 Å². The van der Waals surface area contributed by atoms with E-state index < -0.39 is 0 Å². The zero-order valence-corrected chi connectivity index (χ0v) is 12.0. The number of rotatable bonds is 2. The molecule has 1 heteroatoms. The average molecular weight is 274 g/mol. The summed E-state index contributed by atoms with van der Waals surface area (Å²) in [6.45, 7) is 0. The van der Waals surface area contributed by atoms with Crippen LogP contribution in [0.1, 0.15) is 41.7 Å². The van der Waals surface area contributed by atoms with Gasteiger partial charge in [0.2, 0.25) is 0 Å². The van der Waals surface area contributed by atoms with Crippen molar-refractivity contribution in [2.45, 2.75) is 31.5 Å². The van der Waals surface area contributed by atoms with Gasteiger partial charge in [0, 0.05) is 6.42 Å². The van der Waals surface area contributed by atoms with Crippen LogP contribution in [0.15, 0.2) is 54.6 Å². The standard InChI is InChI=1S/C20H18O/c1-2-8-15(9-3-1)10-4-5-11-16-14-19-17-12-6-7-13-18(17)20(16)21-19/h1-3,6-9,12-13,16,19-20H,4,10,14H2/t16?,19-,20+/m1/s1. The number of benzene rings is 2. The van der Waals surface area contributed by atoms with Crippen LogP contribution in [0.3, 0.4) is 0 Å². The molecule has 0 aliphatic carbocycles. The summed E-state index contributed by atoms with van der Waals surface area (Å²) in [6, 6.07) is 19.1. The highest BCUT2D eigenvalue weighted by Gasteiger charge is 2.44. The van der Waals surface area contributed by atoms with E-state index in [0.717, 1.165) is 19.3 Å². The van der Waals surface area contributed by atoms with E-state index in [1.807, 2.05) is 0 Å². The van der Waals surface area contributed by atoms with Crippen molar-refractivity contribution in [2.24, 2.45) is 5.92 Å². The maximum absolute atomic E-state index is 6.07. The molecule has 0 spiro atoms. The van der Waals surface area contributed by atoms with E-state index in [1.165, 1.54) is 16.7 Å². The van der Waals surface area contributed by atoms with Gasteiger partial charge in [-0.1, -0.05) is 60.5 Å². The average Bonchev–Trinajstić information content (AvgIpc) is 3.12. The molecule has 2 heterocycles. The molecule has 2 aromatic rings. The minimum absolute atomic E-state index is 0.204. The van der Waals surface area contributed by atoms with Crippen LogP contribution in [0.4, 0.5) is 0 Å². The van der Waals surface area contributed by atoms with E-state index in [1.54, 1.807) is 0 Å². The Balaban J connectivity index is 1.41. The molecule has 0 radical (unpaired) electrons. The van der Waals surface area contributed by atoms with Crippen LogP contribution in [0.2, 0.25) is 0 Å². The maximum Gasteiger partial charge on any atom is 0.0975 e. The number of fused-ring (bicyclic) bond motifs is 5. The van der Waals surface area contributed by atoms with E-state index in [9.17, 15) is 0 Å². The molecule has 1 fully saturated rings. The van der Waals surface area contributed by atoms with Gasteiger partial charge in [0.25, 0.3) is 0 Å². The fourth-order valence-corrected chi connectivity index (χ4v) is 3.42. The smallest absolute Gasteiger partial charge is 0.0975 e. The Bertz CT molecular complexity index is 693. The first kappa shape index (κ1) is 12.7. The van der Waals surface area contributed by atoms with Crippen molar-refractivity contribution in [1.29, 1.82) is 0 Å². The summed E-state index contributed by atoms with van der Waals surface area (Å²) in [5.41, 5.74) is 4.10. The number of aryl methyl sites for hydroxylation is 1. The molecule has 3 atom stereocenters. The fraction of sp³-hybridized carbons (Fsp3) is 0.300. The van der Waals surface area contributed by atoms with Crippen LogP contribution in [0.5, 0.6) is 0 Å². The lowest BCUT2D eigenvalue weighted by Gasteiger charge is -2.16. The Morgan fingerprint density at radius 3 is 2.57 bits per heavy atom. The Hall–Kier alpha value is -2.04. The quantitative estimate of drug-likeness (QED) is 0.735. The van der Waals surface area contributed by atoms with Crippen molar-refractivity contribution in [3.05, 3.63) is 71.3 Å². The molecule has 2 aliphatic heterocycles. The molecule has 0 amide bonds. The van der Waals surface area contributed by atoms with Crippen molar-refractivity contribution < 1.29 is 4.74 Å². The number of hydrogen-bond acceptors (Lipinski definition) is 1. The van der Waals surface area contributed by atoms with Crippen molar-refractivity contribution in [2.75, 3.05) is 0 Å². The lowest BCUT2D eigenvalue weighted by Crippen LogP contribution is -2.08. The topological polar surface area (TPSA) is 9.23 Å². The Labute approximate surface area is 126 Å². The first-order valence-electron chi connectivity index (χ1n) is 7.68. The van der Waals surface area contributed by atoms with Gasteiger partial charge >= 0.3 is 0 Å². The lowest BCUT2D eigenvalue weighted by atomic mass is 9.84. The molecule has 0 N–H and O–H groups in total. The Kier molecular flexibility index (Phi) is 3.25. The molecule has 2 bridgehead atoms. The summed E-state index contributed by atoms with van der Waals surface area (Å²) >= 11 is 0. The molecule has 21 heavy (non-hydrogen) atoms. The van der Waals surface area contributed by atoms with Crippen molar-refractivity contribution in [3.8, 4) is 11.8 Å². The molecule has 4 rings (SSSR count). The van der Waals surface area contributed by atoms with Crippen LogP contribution in [0, 0.1) is 17.8 Å². The maximum atomic E-state index is 6.07. The number of hydrogen-bond donors (Lipinski definition) is 0. The molecular formula is C20H18O. The normalized spacial score (nSPS) is 25.2. The molecule has 0 saturated carbocycles. The van der Waals surface area contributed by atoms with E-state index in [0.29, 0.717) is 5.92 Å². The van der Waals surface area contributed by atoms with Crippen molar-refractivity contribution in [3.63, 3.8) is 0 Å². The molecule has 1 saturated heterocycles. The van der Waals surface area contributed by atoms with Gasteiger partial charge < -0.3 is 4.74 Å². The molecule has 2 aromatic carbocycles. The summed E-state index contributed by atoms with van der Waals surface area (Å²) in [5.74, 6) is 7.19. The zero-order chi connectivity index (χ0) is 14.1. The zero-order valence-electron chi connectivity index (χ0n) is 12.0. The van der Waals surface area contributed by atoms with E-state index in [4.69, 9.17) is 4.74 Å². The SMILES string of the molecule is C(#CC1C[C@H]2O[C@@H]1c1ccccc12)CCc1ccccc1. The predicted molar refractivity (Wildman–Crippen MR) is 83.7 cm³/mol. The summed E-state index contributed by atoms with van der Waals surface area (Å²) in [6.07, 6.45) is 3.50. The molecule has 1 unspecified atom stereocenters. The predicted octanol–water partition coefficient (Wildman–Crippen LogP) is 4.46. The third kappa shape index (κ3) is 2.37. The second-order valence-electron chi connectivity index (χ2n) is 5.82. The second-order valence-corrected chi connectivity index (χ2v) is 5.82. The van der Waals surface area contributed by atoms with Crippen LogP contribution >= 0.6 is 0 Å². The lowest BCUT2D eigenvalue weighted by molar-refractivity contribution is 0.0657. The van der Waals surface area contributed by atoms with Crippen molar-refractivity contribution in [1.82, 2.24) is 0 Å². The molecular weight excluding hydrogens is 256 g/mol. The van der Waals surface area contributed by atoms with Crippen LogP contribution in [-0.4, -0.2) is 0 Å². The monoisotopic (exact) mass is 274 g/mol. The minimum Gasteiger partial charge on any atom is -0.364 e. The summed E-state index contributed by atoms with van der Waals surface area (Å²) < 4.78 is 6.07. The molecule has 0 aromatic heterocycles. The van der Waals surface area contributed by atoms with Gasteiger partial charge in [0.15, 0.2) is 0 Å². The van der Waals surface area contributed by atoms with Crippen LogP contribution in [-0.2, 0) is 11.2 Å². The highest BCUT2D eigenvalue weighted by molar-refractivity contribution is 5.39. The summed E-state index contributed by atoms with van der Waals surface area (Å²) in [7, 11) is 0. The van der Waals surface area contributed by atoms with Crippen LogP contribution in [0.25, 0.3) is 0 Å². The fourth-order valence-electron chi connectivity index (χ4n) is 3.42. The van der Waals surface area contributed by atoms with Gasteiger partial charge in [-0.2, -0.15) is 0 Å². The highest BCUT2D eigenvalue weighted by Crippen LogP contribution is 2.53. The third-order valence-corrected chi connectivity index (χ3v) is 4.46. The largest absolute Gasteiger partial charge is 0.364 e. The van der Waals surface area contributed by atoms with Gasteiger partial charge in [-0.3, -0.25) is 0 Å². The second kappa shape index (κ2) is 5.39. The van der Waals surface area contributed by atoms with Gasteiger partial charge in [-0.25, -0.2) is 0 Å².